The second kappa shape index (κ2) is 6.31. The summed E-state index contributed by atoms with van der Waals surface area (Å²) in [6.07, 6.45) is 0. The van der Waals surface area contributed by atoms with Gasteiger partial charge in [-0.3, -0.25) is 0 Å². The lowest BCUT2D eigenvalue weighted by Crippen LogP contribution is -1.95. The predicted octanol–water partition coefficient (Wildman–Crippen LogP) is 6.07. The van der Waals surface area contributed by atoms with Crippen LogP contribution >= 0.6 is 46.4 Å². The number of aromatic hydroxyl groups is 1. The van der Waals surface area contributed by atoms with Gasteiger partial charge >= 0.3 is 0 Å². The van der Waals surface area contributed by atoms with Crippen molar-refractivity contribution in [1.82, 2.24) is 0 Å². The molecule has 6 heteroatoms. The molecule has 0 unspecified atom stereocenters. The number of halogens is 4. The molecule has 0 aromatic heterocycles. The summed E-state index contributed by atoms with van der Waals surface area (Å²) < 4.78 is 5.52. The van der Waals surface area contributed by atoms with Crippen LogP contribution in [0, 0.1) is 0 Å². The lowest BCUT2D eigenvalue weighted by molar-refractivity contribution is 0.341. The topological polar surface area (TPSA) is 29.5 Å². The molecule has 0 saturated carbocycles. The highest BCUT2D eigenvalue weighted by molar-refractivity contribution is 6.53. The van der Waals surface area contributed by atoms with Gasteiger partial charge in [0, 0.05) is 11.1 Å². The van der Waals surface area contributed by atoms with Crippen LogP contribution in [0.15, 0.2) is 24.3 Å². The van der Waals surface area contributed by atoms with E-state index in [1.54, 1.807) is 18.2 Å². The van der Waals surface area contributed by atoms with Crippen molar-refractivity contribution in [3.63, 3.8) is 0 Å². The minimum absolute atomic E-state index is 0.0217. The van der Waals surface area contributed by atoms with Crippen molar-refractivity contribution in [2.75, 3.05) is 6.61 Å². The van der Waals surface area contributed by atoms with Crippen molar-refractivity contribution < 1.29 is 9.84 Å². The van der Waals surface area contributed by atoms with E-state index in [0.717, 1.165) is 0 Å². The van der Waals surface area contributed by atoms with Crippen LogP contribution in [0.25, 0.3) is 11.1 Å². The minimum atomic E-state index is -0.224. The Morgan fingerprint density at radius 3 is 2.20 bits per heavy atom. The quantitative estimate of drug-likeness (QED) is 0.537. The van der Waals surface area contributed by atoms with Crippen molar-refractivity contribution in [2.45, 2.75) is 6.92 Å². The zero-order valence-electron chi connectivity index (χ0n) is 10.4. The lowest BCUT2D eigenvalue weighted by atomic mass is 10.0. The highest BCUT2D eigenvalue weighted by atomic mass is 35.5. The zero-order valence-corrected chi connectivity index (χ0v) is 13.4. The van der Waals surface area contributed by atoms with Crippen molar-refractivity contribution >= 4 is 46.4 Å². The fourth-order valence-corrected chi connectivity index (χ4v) is 2.76. The van der Waals surface area contributed by atoms with Gasteiger partial charge < -0.3 is 9.84 Å². The molecular formula is C14H10Cl4O2. The van der Waals surface area contributed by atoms with Crippen LogP contribution in [0.1, 0.15) is 6.92 Å². The Bertz CT molecular complexity index is 627. The molecule has 0 aliphatic heterocycles. The van der Waals surface area contributed by atoms with Gasteiger partial charge in [0.1, 0.15) is 16.5 Å². The van der Waals surface area contributed by atoms with Crippen molar-refractivity contribution in [3.05, 3.63) is 44.4 Å². The van der Waals surface area contributed by atoms with Crippen LogP contribution in [-0.4, -0.2) is 11.7 Å². The largest absolute Gasteiger partial charge is 0.506 e. The molecule has 106 valence electrons. The second-order valence-corrected chi connectivity index (χ2v) is 5.42. The maximum Gasteiger partial charge on any atom is 0.145 e. The SMILES string of the molecule is CCOc1ccccc1-c1c(O)c(Cl)c(Cl)c(Cl)c1Cl. The molecule has 0 saturated heterocycles. The Kier molecular flexibility index (Phi) is 4.92. The Morgan fingerprint density at radius 1 is 0.950 bits per heavy atom. The van der Waals surface area contributed by atoms with E-state index in [1.165, 1.54) is 0 Å². The molecule has 1 N–H and O–H groups in total. The fourth-order valence-electron chi connectivity index (χ4n) is 1.82. The summed E-state index contributed by atoms with van der Waals surface area (Å²) in [6.45, 7) is 2.34. The lowest BCUT2D eigenvalue weighted by Gasteiger charge is -2.15. The Labute approximate surface area is 136 Å². The molecule has 0 heterocycles. The Balaban J connectivity index is 2.77. The van der Waals surface area contributed by atoms with E-state index in [0.29, 0.717) is 23.5 Å². The van der Waals surface area contributed by atoms with Gasteiger partial charge in [-0.15, -0.1) is 0 Å². The normalized spacial score (nSPS) is 10.7. The second-order valence-electron chi connectivity index (χ2n) is 3.91. The minimum Gasteiger partial charge on any atom is -0.506 e. The van der Waals surface area contributed by atoms with Crippen LogP contribution in [0.2, 0.25) is 20.1 Å². The molecule has 2 aromatic rings. The van der Waals surface area contributed by atoms with Crippen molar-refractivity contribution in [3.8, 4) is 22.6 Å². The maximum atomic E-state index is 10.2. The molecule has 0 aliphatic carbocycles. The van der Waals surface area contributed by atoms with Gasteiger partial charge in [0.2, 0.25) is 0 Å². The monoisotopic (exact) mass is 350 g/mol. The van der Waals surface area contributed by atoms with Crippen LogP contribution in [0.4, 0.5) is 0 Å². The molecule has 0 spiro atoms. The van der Waals surface area contributed by atoms with Gasteiger partial charge in [0.25, 0.3) is 0 Å². The molecule has 0 amide bonds. The molecule has 2 aromatic carbocycles. The van der Waals surface area contributed by atoms with E-state index < -0.39 is 0 Å². The molecule has 0 fully saturated rings. The standard InChI is InChI=1S/C14H10Cl4O2/c1-2-20-8-6-4-3-5-7(8)9-10(15)11(16)12(17)13(18)14(9)19/h3-6,19H,2H2,1H3. The van der Waals surface area contributed by atoms with E-state index in [2.05, 4.69) is 0 Å². The smallest absolute Gasteiger partial charge is 0.145 e. The first-order chi connectivity index (χ1) is 9.49. The van der Waals surface area contributed by atoms with E-state index >= 15 is 0 Å². The molecule has 2 rings (SSSR count). The number of para-hydroxylation sites is 1. The average Bonchev–Trinajstić information content (AvgIpc) is 2.45. The first-order valence-corrected chi connectivity index (χ1v) is 7.27. The molecule has 0 bridgehead atoms. The molecule has 0 atom stereocenters. The van der Waals surface area contributed by atoms with Crippen LogP contribution < -0.4 is 4.74 Å². The van der Waals surface area contributed by atoms with Gasteiger partial charge in [-0.2, -0.15) is 0 Å². The Hall–Kier alpha value is -0.800. The van der Waals surface area contributed by atoms with E-state index in [4.69, 9.17) is 51.1 Å². The average molecular weight is 352 g/mol. The van der Waals surface area contributed by atoms with Crippen LogP contribution in [0.5, 0.6) is 11.5 Å². The number of phenols is 1. The first kappa shape index (κ1) is 15.6. The maximum absolute atomic E-state index is 10.2. The number of phenolic OH excluding ortho intramolecular Hbond substituents is 1. The fraction of sp³-hybridized carbons (Fsp3) is 0.143. The van der Waals surface area contributed by atoms with Gasteiger partial charge in [-0.05, 0) is 13.0 Å². The predicted molar refractivity (Wildman–Crippen MR) is 84.8 cm³/mol. The Morgan fingerprint density at radius 2 is 1.55 bits per heavy atom. The summed E-state index contributed by atoms with van der Waals surface area (Å²) in [5.41, 5.74) is 0.896. The number of hydrogen-bond acceptors (Lipinski definition) is 2. The third-order valence-electron chi connectivity index (χ3n) is 2.70. The summed E-state index contributed by atoms with van der Waals surface area (Å²) in [5, 5.41) is 10.4. The van der Waals surface area contributed by atoms with Crippen LogP contribution in [-0.2, 0) is 0 Å². The van der Waals surface area contributed by atoms with E-state index in [-0.39, 0.29) is 25.8 Å². The number of benzene rings is 2. The highest BCUT2D eigenvalue weighted by Gasteiger charge is 2.23. The van der Waals surface area contributed by atoms with Crippen molar-refractivity contribution in [2.24, 2.45) is 0 Å². The highest BCUT2D eigenvalue weighted by Crippen LogP contribution is 2.51. The summed E-state index contributed by atoms with van der Waals surface area (Å²) >= 11 is 24.1. The van der Waals surface area contributed by atoms with Crippen molar-refractivity contribution in [1.29, 1.82) is 0 Å². The van der Waals surface area contributed by atoms with Gasteiger partial charge in [0.05, 0.1) is 21.7 Å². The first-order valence-electron chi connectivity index (χ1n) is 5.76. The van der Waals surface area contributed by atoms with E-state index in [1.807, 2.05) is 13.0 Å². The van der Waals surface area contributed by atoms with E-state index in [9.17, 15) is 5.11 Å². The summed E-state index contributed by atoms with van der Waals surface area (Å²) in [5.74, 6) is 0.347. The molecule has 20 heavy (non-hydrogen) atoms. The van der Waals surface area contributed by atoms with Gasteiger partial charge in [-0.25, -0.2) is 0 Å². The number of ether oxygens (including phenoxy) is 1. The van der Waals surface area contributed by atoms with Crippen LogP contribution in [0.3, 0.4) is 0 Å². The summed E-state index contributed by atoms with van der Waals surface area (Å²) in [6, 6.07) is 7.14. The molecule has 2 nitrogen and oxygen atoms in total. The third kappa shape index (κ3) is 2.66. The number of hydrogen-bond donors (Lipinski definition) is 1. The molecular weight excluding hydrogens is 342 g/mol. The third-order valence-corrected chi connectivity index (χ3v) is 4.49. The summed E-state index contributed by atoms with van der Waals surface area (Å²) in [4.78, 5) is 0. The van der Waals surface area contributed by atoms with Gasteiger partial charge in [0.15, 0.2) is 0 Å². The summed E-state index contributed by atoms with van der Waals surface area (Å²) in [7, 11) is 0. The van der Waals surface area contributed by atoms with Gasteiger partial charge in [-0.1, -0.05) is 64.6 Å². The molecule has 0 radical (unpaired) electrons. The zero-order chi connectivity index (χ0) is 14.9. The number of rotatable bonds is 3. The molecule has 0 aliphatic rings.